The van der Waals surface area contributed by atoms with Crippen molar-refractivity contribution >= 4 is 21.8 Å². The van der Waals surface area contributed by atoms with Crippen molar-refractivity contribution in [1.82, 2.24) is 0 Å². The predicted molar refractivity (Wildman–Crippen MR) is 71.6 cm³/mol. The third-order valence-corrected chi connectivity index (χ3v) is 2.84. The first-order valence-electron chi connectivity index (χ1n) is 5.24. The van der Waals surface area contributed by atoms with Crippen molar-refractivity contribution in [2.75, 3.05) is 0 Å². The maximum Gasteiger partial charge on any atom is 0.162 e. The Bertz CT molecular complexity index is 647. The highest BCUT2D eigenvalue weighted by Gasteiger charge is 2.10. The minimum Gasteiger partial charge on any atom is -0.456 e. The van der Waals surface area contributed by atoms with Crippen molar-refractivity contribution < 1.29 is 13.5 Å². The van der Waals surface area contributed by atoms with Gasteiger partial charge in [-0.05, 0) is 30.3 Å². The number of amidine groups is 1. The number of benzene rings is 2. The second kappa shape index (κ2) is 5.36. The molecule has 0 aliphatic carbocycles. The summed E-state index contributed by atoms with van der Waals surface area (Å²) in [4.78, 5) is 0. The Morgan fingerprint density at radius 2 is 1.84 bits per heavy atom. The molecule has 0 unspecified atom stereocenters. The average molecular weight is 327 g/mol. The largest absolute Gasteiger partial charge is 0.456 e. The van der Waals surface area contributed by atoms with E-state index in [1.54, 1.807) is 18.2 Å². The number of hydrogen-bond donors (Lipinski definition) is 2. The van der Waals surface area contributed by atoms with E-state index in [2.05, 4.69) is 15.9 Å². The molecule has 2 aromatic carbocycles. The fourth-order valence-electron chi connectivity index (χ4n) is 1.47. The predicted octanol–water partition coefficient (Wildman–Crippen LogP) is 3.80. The quantitative estimate of drug-likeness (QED) is 0.665. The first kappa shape index (κ1) is 13.5. The van der Waals surface area contributed by atoms with Crippen molar-refractivity contribution in [1.29, 1.82) is 5.41 Å². The summed E-state index contributed by atoms with van der Waals surface area (Å²) in [6, 6.07) is 8.09. The van der Waals surface area contributed by atoms with E-state index in [-0.39, 0.29) is 11.6 Å². The molecular formula is C13H9BrF2N2O. The van der Waals surface area contributed by atoms with Crippen LogP contribution in [0.5, 0.6) is 11.5 Å². The van der Waals surface area contributed by atoms with Crippen LogP contribution >= 0.6 is 15.9 Å². The lowest BCUT2D eigenvalue weighted by molar-refractivity contribution is 0.461. The molecule has 6 heteroatoms. The molecule has 0 aromatic heterocycles. The minimum atomic E-state index is -1.00. The molecule has 0 spiro atoms. The van der Waals surface area contributed by atoms with Crippen LogP contribution in [-0.2, 0) is 0 Å². The second-order valence-electron chi connectivity index (χ2n) is 3.73. The van der Waals surface area contributed by atoms with Gasteiger partial charge in [0.1, 0.15) is 17.3 Å². The zero-order chi connectivity index (χ0) is 14.0. The summed E-state index contributed by atoms with van der Waals surface area (Å²) in [5, 5.41) is 7.46. The van der Waals surface area contributed by atoms with Gasteiger partial charge in [0.2, 0.25) is 0 Å². The van der Waals surface area contributed by atoms with Crippen molar-refractivity contribution in [3.05, 3.63) is 58.1 Å². The van der Waals surface area contributed by atoms with Gasteiger partial charge in [-0.3, -0.25) is 5.41 Å². The molecule has 2 rings (SSSR count). The summed E-state index contributed by atoms with van der Waals surface area (Å²) < 4.78 is 32.0. The van der Waals surface area contributed by atoms with Gasteiger partial charge in [0.25, 0.3) is 0 Å². The first-order chi connectivity index (χ1) is 8.97. The Kier molecular flexibility index (Phi) is 3.80. The lowest BCUT2D eigenvalue weighted by atomic mass is 10.2. The molecule has 19 heavy (non-hydrogen) atoms. The van der Waals surface area contributed by atoms with Gasteiger partial charge in [-0.15, -0.1) is 0 Å². The highest BCUT2D eigenvalue weighted by atomic mass is 79.9. The van der Waals surface area contributed by atoms with E-state index in [0.717, 1.165) is 16.6 Å². The number of nitrogens with one attached hydrogen (secondary N) is 1. The topological polar surface area (TPSA) is 59.1 Å². The van der Waals surface area contributed by atoms with Crippen LogP contribution in [0.25, 0.3) is 0 Å². The fraction of sp³-hybridized carbons (Fsp3) is 0. The number of ether oxygens (including phenoxy) is 1. The molecule has 0 aliphatic rings. The van der Waals surface area contributed by atoms with Gasteiger partial charge < -0.3 is 10.5 Å². The smallest absolute Gasteiger partial charge is 0.162 e. The number of hydrogen-bond acceptors (Lipinski definition) is 2. The summed E-state index contributed by atoms with van der Waals surface area (Å²) in [7, 11) is 0. The molecule has 0 atom stereocenters. The van der Waals surface area contributed by atoms with Gasteiger partial charge in [-0.1, -0.05) is 15.9 Å². The van der Waals surface area contributed by atoms with Crippen molar-refractivity contribution in [2.24, 2.45) is 5.73 Å². The molecule has 0 amide bonds. The van der Waals surface area contributed by atoms with Gasteiger partial charge in [0.15, 0.2) is 11.6 Å². The van der Waals surface area contributed by atoms with Crippen LogP contribution in [0.4, 0.5) is 8.78 Å². The first-order valence-corrected chi connectivity index (χ1v) is 6.03. The highest BCUT2D eigenvalue weighted by Crippen LogP contribution is 2.28. The Balaban J connectivity index is 2.37. The van der Waals surface area contributed by atoms with E-state index in [1.165, 1.54) is 6.07 Å². The maximum absolute atomic E-state index is 13.1. The minimum absolute atomic E-state index is 0.128. The Morgan fingerprint density at radius 1 is 1.11 bits per heavy atom. The third-order valence-electron chi connectivity index (χ3n) is 2.35. The van der Waals surface area contributed by atoms with Crippen LogP contribution in [0.15, 0.2) is 40.9 Å². The number of nitrogen functional groups attached to an aromatic ring is 1. The number of nitrogens with two attached hydrogens (primary N) is 1. The van der Waals surface area contributed by atoms with Crippen molar-refractivity contribution in [2.45, 2.75) is 0 Å². The third kappa shape index (κ3) is 3.08. The van der Waals surface area contributed by atoms with Crippen LogP contribution in [0.3, 0.4) is 0 Å². The van der Waals surface area contributed by atoms with Gasteiger partial charge >= 0.3 is 0 Å². The van der Waals surface area contributed by atoms with Crippen LogP contribution in [-0.4, -0.2) is 5.84 Å². The Hall–Kier alpha value is -1.95. The molecule has 0 aliphatic heterocycles. The van der Waals surface area contributed by atoms with Crippen LogP contribution in [0, 0.1) is 17.0 Å². The summed E-state index contributed by atoms with van der Waals surface area (Å²) in [5.41, 5.74) is 5.80. The fourth-order valence-corrected chi connectivity index (χ4v) is 1.83. The van der Waals surface area contributed by atoms with Gasteiger partial charge in [0.05, 0.1) is 5.56 Å². The summed E-state index contributed by atoms with van der Waals surface area (Å²) in [6.07, 6.45) is 0. The van der Waals surface area contributed by atoms with E-state index in [9.17, 15) is 8.78 Å². The molecule has 2 aromatic rings. The van der Waals surface area contributed by atoms with E-state index >= 15 is 0 Å². The van der Waals surface area contributed by atoms with E-state index in [1.807, 2.05) is 0 Å². The molecule has 98 valence electrons. The summed E-state index contributed by atoms with van der Waals surface area (Å²) in [6.45, 7) is 0. The highest BCUT2D eigenvalue weighted by molar-refractivity contribution is 9.10. The van der Waals surface area contributed by atoms with Crippen LogP contribution < -0.4 is 10.5 Å². The molecule has 3 nitrogen and oxygen atoms in total. The normalized spacial score (nSPS) is 10.3. The lowest BCUT2D eigenvalue weighted by Gasteiger charge is -2.10. The van der Waals surface area contributed by atoms with E-state index < -0.39 is 11.6 Å². The Morgan fingerprint density at radius 3 is 2.47 bits per heavy atom. The number of halogens is 3. The lowest BCUT2D eigenvalue weighted by Crippen LogP contribution is -2.12. The maximum atomic E-state index is 13.1. The van der Waals surface area contributed by atoms with Gasteiger partial charge in [-0.25, -0.2) is 8.78 Å². The van der Waals surface area contributed by atoms with Gasteiger partial charge in [-0.2, -0.15) is 0 Å². The standard InChI is InChI=1S/C13H9BrF2N2O/c14-7-1-4-12(9(5-7)13(17)18)19-8-2-3-10(15)11(16)6-8/h1-6H,(H3,17,18). The van der Waals surface area contributed by atoms with Crippen LogP contribution in [0.1, 0.15) is 5.56 Å². The Labute approximate surface area is 116 Å². The molecule has 0 fully saturated rings. The monoisotopic (exact) mass is 326 g/mol. The zero-order valence-corrected chi connectivity index (χ0v) is 11.2. The van der Waals surface area contributed by atoms with Crippen molar-refractivity contribution in [3.8, 4) is 11.5 Å². The summed E-state index contributed by atoms with van der Waals surface area (Å²) >= 11 is 3.25. The zero-order valence-electron chi connectivity index (χ0n) is 9.58. The second-order valence-corrected chi connectivity index (χ2v) is 4.65. The average Bonchev–Trinajstić information content (AvgIpc) is 2.36. The van der Waals surface area contributed by atoms with E-state index in [4.69, 9.17) is 15.9 Å². The van der Waals surface area contributed by atoms with Crippen molar-refractivity contribution in [3.63, 3.8) is 0 Å². The molecule has 3 N–H and O–H groups in total. The molecule has 0 radical (unpaired) electrons. The molecule has 0 heterocycles. The molecule has 0 saturated heterocycles. The summed E-state index contributed by atoms with van der Waals surface area (Å²) in [5.74, 6) is -1.71. The molecular weight excluding hydrogens is 318 g/mol. The molecule has 0 bridgehead atoms. The van der Waals surface area contributed by atoms with Gasteiger partial charge in [0, 0.05) is 10.5 Å². The van der Waals surface area contributed by atoms with E-state index in [0.29, 0.717) is 11.3 Å². The van der Waals surface area contributed by atoms with Crippen LogP contribution in [0.2, 0.25) is 0 Å². The molecule has 0 saturated carbocycles. The SMILES string of the molecule is N=C(N)c1cc(Br)ccc1Oc1ccc(F)c(F)c1. The number of rotatable bonds is 3.